The van der Waals surface area contributed by atoms with Crippen LogP contribution in [0.5, 0.6) is 0 Å². The van der Waals surface area contributed by atoms with E-state index in [-0.39, 0.29) is 0 Å². The van der Waals surface area contributed by atoms with Crippen LogP contribution in [0.1, 0.15) is 58.8 Å². The smallest absolute Gasteiger partial charge is 0.0116 e. The summed E-state index contributed by atoms with van der Waals surface area (Å²) in [5.41, 5.74) is 0. The number of nitrogens with zero attached hydrogens (tertiary/aromatic N) is 1. The van der Waals surface area contributed by atoms with Crippen molar-refractivity contribution in [1.82, 2.24) is 10.2 Å². The summed E-state index contributed by atoms with van der Waals surface area (Å²) in [5.74, 6) is 1.31. The molecular formula is C16H32N2S. The first kappa shape index (κ1) is 15.7. The topological polar surface area (TPSA) is 15.3 Å². The summed E-state index contributed by atoms with van der Waals surface area (Å²) in [7, 11) is 0. The molecule has 0 radical (unpaired) electrons. The molecule has 3 heteroatoms. The van der Waals surface area contributed by atoms with E-state index in [0.29, 0.717) is 4.75 Å². The van der Waals surface area contributed by atoms with Crippen molar-refractivity contribution in [3.05, 3.63) is 0 Å². The van der Waals surface area contributed by atoms with E-state index in [9.17, 15) is 0 Å². The first-order chi connectivity index (χ1) is 9.16. The van der Waals surface area contributed by atoms with Gasteiger partial charge in [-0.25, -0.2) is 0 Å². The van der Waals surface area contributed by atoms with E-state index in [0.717, 1.165) is 6.04 Å². The molecule has 0 aromatic rings. The molecule has 1 saturated heterocycles. The zero-order valence-electron chi connectivity index (χ0n) is 12.9. The van der Waals surface area contributed by atoms with Gasteiger partial charge in [-0.05, 0) is 45.3 Å². The van der Waals surface area contributed by atoms with Crippen molar-refractivity contribution in [3.8, 4) is 0 Å². The zero-order valence-corrected chi connectivity index (χ0v) is 13.7. The van der Waals surface area contributed by atoms with Gasteiger partial charge in [0.1, 0.15) is 0 Å². The fraction of sp³-hybridized carbons (Fsp3) is 1.00. The monoisotopic (exact) mass is 284 g/mol. The molecule has 1 aliphatic heterocycles. The molecule has 112 valence electrons. The lowest BCUT2D eigenvalue weighted by molar-refractivity contribution is 0.274. The maximum Gasteiger partial charge on any atom is 0.0116 e. The third kappa shape index (κ3) is 6.05. The Labute approximate surface area is 124 Å². The van der Waals surface area contributed by atoms with Crippen molar-refractivity contribution in [2.45, 2.75) is 69.6 Å². The van der Waals surface area contributed by atoms with Gasteiger partial charge in [0.05, 0.1) is 0 Å². The standard InChI is InChI=1S/C16H32N2S/c1-16(2)9-12-18(13-14-19-16)11-6-10-17-15-7-4-3-5-8-15/h15,17H,3-14H2,1-2H3. The third-order valence-electron chi connectivity index (χ3n) is 4.62. The van der Waals surface area contributed by atoms with Gasteiger partial charge >= 0.3 is 0 Å². The van der Waals surface area contributed by atoms with Crippen LogP contribution in [0, 0.1) is 0 Å². The average molecular weight is 285 g/mol. The highest BCUT2D eigenvalue weighted by atomic mass is 32.2. The normalized spacial score (nSPS) is 26.2. The van der Waals surface area contributed by atoms with E-state index in [1.807, 2.05) is 0 Å². The second-order valence-corrected chi connectivity index (χ2v) is 8.64. The Morgan fingerprint density at radius 2 is 1.95 bits per heavy atom. The molecule has 1 N–H and O–H groups in total. The maximum absolute atomic E-state index is 3.76. The second-order valence-electron chi connectivity index (χ2n) is 6.84. The van der Waals surface area contributed by atoms with Crippen LogP contribution in [-0.4, -0.2) is 47.6 Å². The van der Waals surface area contributed by atoms with Crippen LogP contribution in [0.25, 0.3) is 0 Å². The number of thioether (sulfide) groups is 1. The van der Waals surface area contributed by atoms with E-state index in [4.69, 9.17) is 0 Å². The van der Waals surface area contributed by atoms with Gasteiger partial charge in [0.15, 0.2) is 0 Å². The number of nitrogens with one attached hydrogen (secondary N) is 1. The highest BCUT2D eigenvalue weighted by Gasteiger charge is 2.23. The van der Waals surface area contributed by atoms with Gasteiger partial charge in [0.25, 0.3) is 0 Å². The average Bonchev–Trinajstić information content (AvgIpc) is 2.57. The minimum atomic E-state index is 0.495. The number of hydrogen-bond donors (Lipinski definition) is 1. The van der Waals surface area contributed by atoms with Gasteiger partial charge in [-0.1, -0.05) is 33.1 Å². The Kier molecular flexibility index (Phi) is 6.51. The Hall–Kier alpha value is 0.270. The molecule has 0 atom stereocenters. The molecule has 2 aliphatic rings. The Morgan fingerprint density at radius 3 is 2.74 bits per heavy atom. The predicted octanol–water partition coefficient (Wildman–Crippen LogP) is 3.52. The van der Waals surface area contributed by atoms with Gasteiger partial charge in [-0.2, -0.15) is 11.8 Å². The quantitative estimate of drug-likeness (QED) is 0.778. The first-order valence-electron chi connectivity index (χ1n) is 8.25. The van der Waals surface area contributed by atoms with Crippen LogP contribution in [0.2, 0.25) is 0 Å². The van der Waals surface area contributed by atoms with Crippen LogP contribution in [-0.2, 0) is 0 Å². The lowest BCUT2D eigenvalue weighted by Crippen LogP contribution is -2.34. The molecule has 19 heavy (non-hydrogen) atoms. The zero-order chi connectivity index (χ0) is 13.6. The molecule has 2 fully saturated rings. The second kappa shape index (κ2) is 7.90. The molecule has 0 amide bonds. The van der Waals surface area contributed by atoms with E-state index < -0.39 is 0 Å². The molecule has 0 unspecified atom stereocenters. The molecule has 1 aliphatic carbocycles. The molecule has 2 nitrogen and oxygen atoms in total. The van der Waals surface area contributed by atoms with Gasteiger partial charge in [0, 0.05) is 23.1 Å². The SMILES string of the molecule is CC1(C)CCN(CCCNC2CCCCC2)CCS1. The van der Waals surface area contributed by atoms with Crippen molar-refractivity contribution in [2.24, 2.45) is 0 Å². The van der Waals surface area contributed by atoms with E-state index >= 15 is 0 Å². The van der Waals surface area contributed by atoms with Crippen LogP contribution >= 0.6 is 11.8 Å². The summed E-state index contributed by atoms with van der Waals surface area (Å²) in [6.45, 7) is 9.88. The largest absolute Gasteiger partial charge is 0.314 e. The molecule has 1 heterocycles. The van der Waals surface area contributed by atoms with E-state index in [1.165, 1.54) is 76.9 Å². The van der Waals surface area contributed by atoms with Crippen molar-refractivity contribution >= 4 is 11.8 Å². The molecule has 0 bridgehead atoms. The van der Waals surface area contributed by atoms with Gasteiger partial charge in [-0.15, -0.1) is 0 Å². The fourth-order valence-corrected chi connectivity index (χ4v) is 4.34. The fourth-order valence-electron chi connectivity index (χ4n) is 3.20. The first-order valence-corrected chi connectivity index (χ1v) is 9.24. The molecule has 1 saturated carbocycles. The van der Waals surface area contributed by atoms with Crippen LogP contribution in [0.4, 0.5) is 0 Å². The van der Waals surface area contributed by atoms with Crippen molar-refractivity contribution in [3.63, 3.8) is 0 Å². The molecule has 0 aromatic heterocycles. The van der Waals surface area contributed by atoms with E-state index in [2.05, 4.69) is 35.8 Å². The molecule has 0 spiro atoms. The highest BCUT2D eigenvalue weighted by Crippen LogP contribution is 2.30. The lowest BCUT2D eigenvalue weighted by atomic mass is 9.95. The highest BCUT2D eigenvalue weighted by molar-refractivity contribution is 8.00. The van der Waals surface area contributed by atoms with Crippen LogP contribution < -0.4 is 5.32 Å². The Morgan fingerprint density at radius 1 is 1.16 bits per heavy atom. The summed E-state index contributed by atoms with van der Waals surface area (Å²) < 4.78 is 0.495. The van der Waals surface area contributed by atoms with Crippen molar-refractivity contribution in [2.75, 3.05) is 31.9 Å². The lowest BCUT2D eigenvalue weighted by Gasteiger charge is -2.24. The summed E-state index contributed by atoms with van der Waals surface area (Å²) in [5, 5.41) is 3.76. The van der Waals surface area contributed by atoms with Crippen LogP contribution in [0.3, 0.4) is 0 Å². The molecule has 2 rings (SSSR count). The summed E-state index contributed by atoms with van der Waals surface area (Å²) >= 11 is 2.15. The minimum Gasteiger partial charge on any atom is -0.314 e. The van der Waals surface area contributed by atoms with Crippen molar-refractivity contribution < 1.29 is 0 Å². The third-order valence-corrected chi connectivity index (χ3v) is 5.99. The summed E-state index contributed by atoms with van der Waals surface area (Å²) in [6, 6.07) is 0.826. The summed E-state index contributed by atoms with van der Waals surface area (Å²) in [4.78, 5) is 2.67. The molecule has 0 aromatic carbocycles. The van der Waals surface area contributed by atoms with E-state index in [1.54, 1.807) is 0 Å². The van der Waals surface area contributed by atoms with Gasteiger partial charge in [0.2, 0.25) is 0 Å². The number of hydrogen-bond acceptors (Lipinski definition) is 3. The van der Waals surface area contributed by atoms with Gasteiger partial charge < -0.3 is 10.2 Å². The van der Waals surface area contributed by atoms with Gasteiger partial charge in [-0.3, -0.25) is 0 Å². The summed E-state index contributed by atoms with van der Waals surface area (Å²) in [6.07, 6.45) is 9.82. The Bertz CT molecular complexity index is 249. The number of rotatable bonds is 5. The maximum atomic E-state index is 3.76. The van der Waals surface area contributed by atoms with Crippen molar-refractivity contribution in [1.29, 1.82) is 0 Å². The predicted molar refractivity (Wildman–Crippen MR) is 87.1 cm³/mol. The van der Waals surface area contributed by atoms with Crippen LogP contribution in [0.15, 0.2) is 0 Å². The molecular weight excluding hydrogens is 252 g/mol. The minimum absolute atomic E-state index is 0.495. The Balaban J connectivity index is 1.55.